The van der Waals surface area contributed by atoms with Gasteiger partial charge in [0.05, 0.1) is 0 Å². The topological polar surface area (TPSA) is 59.4 Å². The second kappa shape index (κ2) is 13.0. The molecule has 0 aliphatic rings. The van der Waals surface area contributed by atoms with E-state index in [0.717, 1.165) is 23.8 Å². The Kier molecular flexibility index (Phi) is 11.3. The third kappa shape index (κ3) is 8.30. The zero-order chi connectivity index (χ0) is 25.5. The van der Waals surface area contributed by atoms with Crippen molar-refractivity contribution in [3.05, 3.63) is 77.7 Å². The quantitative estimate of drug-likeness (QED) is 0.159. The van der Waals surface area contributed by atoms with Gasteiger partial charge in [-0.3, -0.25) is 4.79 Å². The fraction of sp³-hybridized carbons (Fsp3) is 0.400. The Morgan fingerprint density at radius 3 is 2.26 bits per heavy atom. The molecule has 35 heavy (non-hydrogen) atoms. The fourth-order valence-electron chi connectivity index (χ4n) is 2.97. The molecule has 0 saturated carbocycles. The van der Waals surface area contributed by atoms with E-state index in [1.165, 1.54) is 17.0 Å². The summed E-state index contributed by atoms with van der Waals surface area (Å²) in [6, 6.07) is 16.9. The number of hydrogen-bond acceptors (Lipinski definition) is 4. The molecule has 3 rings (SSSR count). The number of aromatic nitrogens is 1. The largest absolute Gasteiger partial charge is 0.512 e. The van der Waals surface area contributed by atoms with Crippen LogP contribution in [0.5, 0.6) is 11.6 Å². The van der Waals surface area contributed by atoms with E-state index >= 15 is 0 Å². The van der Waals surface area contributed by atoms with E-state index in [2.05, 4.69) is 43.1 Å². The normalized spacial score (nSPS) is 11.8. The van der Waals surface area contributed by atoms with Gasteiger partial charge in [-0.2, -0.15) is 18.2 Å². The molecule has 0 atom stereocenters. The molecule has 1 aromatic heterocycles. The third-order valence-electron chi connectivity index (χ3n) is 6.49. The van der Waals surface area contributed by atoms with Crippen molar-refractivity contribution in [2.45, 2.75) is 68.2 Å². The van der Waals surface area contributed by atoms with Crippen LogP contribution >= 0.6 is 0 Å². The van der Waals surface area contributed by atoms with Gasteiger partial charge in [-0.15, -0.1) is 12.1 Å². The number of aliphatic hydroxyl groups excluding tert-OH is 1. The van der Waals surface area contributed by atoms with Crippen LogP contribution in [-0.2, 0) is 24.9 Å². The SMILES string of the molecule is CCC(C)(C)C(=O)/C=C(\O)C(C)(C)CC.Cc1ccc2c(C)cnc(Oc3[c-]cccc3)c2c1.[Ir]. The molecule has 4 nitrogen and oxygen atoms in total. The number of carbonyl (C=O) groups excluding carboxylic acids is 1. The summed E-state index contributed by atoms with van der Waals surface area (Å²) in [5, 5.41) is 12.1. The molecule has 191 valence electrons. The van der Waals surface area contributed by atoms with E-state index < -0.39 is 0 Å². The summed E-state index contributed by atoms with van der Waals surface area (Å²) < 4.78 is 5.83. The second-order valence-electron chi connectivity index (χ2n) is 9.99. The molecular weight excluding hydrogens is 615 g/mol. The van der Waals surface area contributed by atoms with Crippen LogP contribution in [-0.4, -0.2) is 15.9 Å². The number of pyridine rings is 1. The number of fused-ring (bicyclic) bond motifs is 1. The summed E-state index contributed by atoms with van der Waals surface area (Å²) in [6.07, 6.45) is 4.83. The van der Waals surface area contributed by atoms with Crippen LogP contribution in [0.25, 0.3) is 10.8 Å². The maximum absolute atomic E-state index is 11.8. The van der Waals surface area contributed by atoms with E-state index in [0.29, 0.717) is 11.6 Å². The van der Waals surface area contributed by atoms with Gasteiger partial charge in [0.2, 0.25) is 5.88 Å². The fourth-order valence-corrected chi connectivity index (χ4v) is 2.97. The zero-order valence-corrected chi connectivity index (χ0v) is 24.5. The monoisotopic (exact) mass is 653 g/mol. The number of para-hydroxylation sites is 1. The Morgan fingerprint density at radius 1 is 1.03 bits per heavy atom. The number of nitrogens with zero attached hydrogens (tertiary/aromatic N) is 1. The van der Waals surface area contributed by atoms with Crippen LogP contribution in [0.4, 0.5) is 0 Å². The van der Waals surface area contributed by atoms with Gasteiger partial charge in [0.15, 0.2) is 5.78 Å². The summed E-state index contributed by atoms with van der Waals surface area (Å²) in [7, 11) is 0. The standard InChI is InChI=1S/C17H14NO.C13H24O2.Ir/c1-12-8-9-15-13(2)11-18-17(16(15)10-12)19-14-6-4-3-5-7-14;1-7-12(3,4)10(14)9-11(15)13(5,6)8-2;/h3-6,8-11H,1-2H3;9,14H,7-8H2,1-6H3;/q-1;;/b;10-9-;. The first-order chi connectivity index (χ1) is 15.9. The predicted octanol–water partition coefficient (Wildman–Crippen LogP) is 8.31. The van der Waals surface area contributed by atoms with Crippen molar-refractivity contribution in [2.75, 3.05) is 0 Å². The van der Waals surface area contributed by atoms with Crippen molar-refractivity contribution in [2.24, 2.45) is 10.8 Å². The van der Waals surface area contributed by atoms with Crippen molar-refractivity contribution in [3.8, 4) is 11.6 Å². The number of benzene rings is 2. The molecule has 0 saturated heterocycles. The molecule has 0 fully saturated rings. The van der Waals surface area contributed by atoms with Crippen molar-refractivity contribution < 1.29 is 34.7 Å². The van der Waals surface area contributed by atoms with Gasteiger partial charge >= 0.3 is 0 Å². The van der Waals surface area contributed by atoms with Crippen molar-refractivity contribution in [1.29, 1.82) is 0 Å². The molecule has 0 spiro atoms. The minimum atomic E-state index is -0.377. The maximum atomic E-state index is 11.8. The minimum absolute atomic E-state index is 0. The van der Waals surface area contributed by atoms with Crippen LogP contribution in [0.2, 0.25) is 0 Å². The average Bonchev–Trinajstić information content (AvgIpc) is 2.81. The van der Waals surface area contributed by atoms with Gasteiger partial charge in [-0.05, 0) is 43.7 Å². The van der Waals surface area contributed by atoms with Gasteiger partial charge in [-0.1, -0.05) is 59.2 Å². The number of rotatable bonds is 7. The number of allylic oxidation sites excluding steroid dienone is 2. The predicted molar refractivity (Wildman–Crippen MR) is 140 cm³/mol. The van der Waals surface area contributed by atoms with Gasteiger partial charge in [-0.25, -0.2) is 4.98 Å². The number of aliphatic hydroxyl groups is 1. The molecule has 1 N–H and O–H groups in total. The number of hydrogen-bond donors (Lipinski definition) is 1. The molecule has 0 unspecified atom stereocenters. The first-order valence-electron chi connectivity index (χ1n) is 11.9. The van der Waals surface area contributed by atoms with E-state index in [-0.39, 0.29) is 42.5 Å². The summed E-state index contributed by atoms with van der Waals surface area (Å²) in [5.74, 6) is 1.51. The molecule has 0 aliphatic carbocycles. The molecule has 1 heterocycles. The molecule has 2 aromatic carbocycles. The second-order valence-corrected chi connectivity index (χ2v) is 9.99. The molecule has 0 amide bonds. The van der Waals surface area contributed by atoms with Crippen LogP contribution in [0, 0.1) is 30.7 Å². The van der Waals surface area contributed by atoms with Gasteiger partial charge in [0, 0.05) is 54.3 Å². The van der Waals surface area contributed by atoms with Crippen molar-refractivity contribution >= 4 is 16.6 Å². The van der Waals surface area contributed by atoms with E-state index in [1.54, 1.807) is 0 Å². The van der Waals surface area contributed by atoms with Crippen molar-refractivity contribution in [1.82, 2.24) is 4.98 Å². The van der Waals surface area contributed by atoms with Crippen LogP contribution < -0.4 is 4.74 Å². The van der Waals surface area contributed by atoms with Gasteiger partial charge in [0.1, 0.15) is 5.76 Å². The first-order valence-corrected chi connectivity index (χ1v) is 11.9. The first kappa shape index (κ1) is 30.5. The Hall–Kier alpha value is -2.49. The smallest absolute Gasteiger partial charge is 0.224 e. The summed E-state index contributed by atoms with van der Waals surface area (Å²) >= 11 is 0. The number of ether oxygens (including phenoxy) is 1. The molecule has 0 aliphatic heterocycles. The number of carbonyl (C=O) groups is 1. The van der Waals surface area contributed by atoms with Crippen LogP contribution in [0.15, 0.2) is 60.5 Å². The van der Waals surface area contributed by atoms with Gasteiger partial charge < -0.3 is 9.84 Å². The summed E-state index contributed by atoms with van der Waals surface area (Å²) in [6.45, 7) is 15.8. The Morgan fingerprint density at radius 2 is 1.69 bits per heavy atom. The molecule has 0 bridgehead atoms. The Bertz CT molecular complexity index is 1150. The van der Waals surface area contributed by atoms with E-state index in [4.69, 9.17) is 4.74 Å². The van der Waals surface area contributed by atoms with Gasteiger partial charge in [0.25, 0.3) is 0 Å². The van der Waals surface area contributed by atoms with E-state index in [9.17, 15) is 9.90 Å². The molecular formula is C30H38IrNO3-. The van der Waals surface area contributed by atoms with E-state index in [1.807, 2.05) is 72.0 Å². The van der Waals surface area contributed by atoms with Crippen LogP contribution in [0.1, 0.15) is 65.5 Å². The Balaban J connectivity index is 0.000000352. The Labute approximate surface area is 224 Å². The zero-order valence-electron chi connectivity index (χ0n) is 22.2. The summed E-state index contributed by atoms with van der Waals surface area (Å²) in [5.41, 5.74) is 1.67. The third-order valence-corrected chi connectivity index (χ3v) is 6.49. The number of ketones is 1. The maximum Gasteiger partial charge on any atom is 0.224 e. The molecule has 1 radical (unpaired) electrons. The van der Waals surface area contributed by atoms with Crippen molar-refractivity contribution in [3.63, 3.8) is 0 Å². The molecule has 5 heteroatoms. The average molecular weight is 653 g/mol. The van der Waals surface area contributed by atoms with Crippen LogP contribution in [0.3, 0.4) is 0 Å². The molecule has 3 aromatic rings. The number of aryl methyl sites for hydroxylation is 2. The minimum Gasteiger partial charge on any atom is -0.512 e. The summed E-state index contributed by atoms with van der Waals surface area (Å²) in [4.78, 5) is 16.2.